The fraction of sp³-hybridized carbons (Fsp3) is 0.333. The highest BCUT2D eigenvalue weighted by Gasteiger charge is 2.11. The highest BCUT2D eigenvalue weighted by atomic mass is 16.5. The first-order valence-corrected chi connectivity index (χ1v) is 5.58. The lowest BCUT2D eigenvalue weighted by atomic mass is 10.3. The molecule has 5 heteroatoms. The molecular weight excluding hydrogens is 218 g/mol. The van der Waals surface area contributed by atoms with E-state index >= 15 is 0 Å². The molecule has 1 heterocycles. The van der Waals surface area contributed by atoms with Crippen molar-refractivity contribution in [1.82, 2.24) is 9.55 Å². The fourth-order valence-corrected chi connectivity index (χ4v) is 1.65. The van der Waals surface area contributed by atoms with Gasteiger partial charge in [-0.2, -0.15) is 0 Å². The minimum Gasteiger partial charge on any atom is -0.464 e. The van der Waals surface area contributed by atoms with Crippen LogP contribution in [-0.2, 0) is 16.1 Å². The number of ether oxygens (including phenoxy) is 1. The summed E-state index contributed by atoms with van der Waals surface area (Å²) in [6.07, 6.45) is 0.811. The van der Waals surface area contributed by atoms with Crippen LogP contribution in [0.4, 0.5) is 5.95 Å². The van der Waals surface area contributed by atoms with Gasteiger partial charge in [0.1, 0.15) is 6.54 Å². The quantitative estimate of drug-likeness (QED) is 0.814. The number of nitrogens with two attached hydrogens (primary N) is 1. The van der Waals surface area contributed by atoms with Gasteiger partial charge >= 0.3 is 5.97 Å². The zero-order chi connectivity index (χ0) is 12.3. The number of benzene rings is 1. The molecule has 0 aliphatic heterocycles. The van der Waals surface area contributed by atoms with E-state index in [9.17, 15) is 4.79 Å². The number of anilines is 1. The molecule has 17 heavy (non-hydrogen) atoms. The molecule has 0 bridgehead atoms. The minimum absolute atomic E-state index is 0.104. The van der Waals surface area contributed by atoms with Gasteiger partial charge in [0.05, 0.1) is 17.6 Å². The fourth-order valence-electron chi connectivity index (χ4n) is 1.65. The van der Waals surface area contributed by atoms with Crippen molar-refractivity contribution in [2.24, 2.45) is 0 Å². The largest absolute Gasteiger partial charge is 0.464 e. The molecule has 1 aromatic carbocycles. The Morgan fingerprint density at radius 2 is 2.24 bits per heavy atom. The molecule has 0 aliphatic rings. The van der Waals surface area contributed by atoms with Gasteiger partial charge in [-0.1, -0.05) is 19.1 Å². The SMILES string of the molecule is CCCOC(=O)Cn1c(N)nc2ccccc21. The molecule has 0 radical (unpaired) electrons. The number of para-hydroxylation sites is 2. The first-order chi connectivity index (χ1) is 8.22. The number of aromatic nitrogens is 2. The lowest BCUT2D eigenvalue weighted by Crippen LogP contribution is -2.15. The molecule has 0 unspecified atom stereocenters. The molecule has 0 saturated carbocycles. The van der Waals surface area contributed by atoms with Gasteiger partial charge < -0.3 is 10.5 Å². The third-order valence-electron chi connectivity index (χ3n) is 2.44. The Balaban J connectivity index is 2.23. The Morgan fingerprint density at radius 3 is 3.00 bits per heavy atom. The van der Waals surface area contributed by atoms with Gasteiger partial charge in [-0.25, -0.2) is 4.98 Å². The van der Waals surface area contributed by atoms with Crippen LogP contribution in [0.5, 0.6) is 0 Å². The minimum atomic E-state index is -0.290. The van der Waals surface area contributed by atoms with E-state index in [0.717, 1.165) is 17.5 Å². The van der Waals surface area contributed by atoms with Gasteiger partial charge in [-0.3, -0.25) is 9.36 Å². The van der Waals surface area contributed by atoms with E-state index in [-0.39, 0.29) is 12.5 Å². The third-order valence-corrected chi connectivity index (χ3v) is 2.44. The second-order valence-electron chi connectivity index (χ2n) is 3.77. The van der Waals surface area contributed by atoms with Gasteiger partial charge in [0.2, 0.25) is 5.95 Å². The van der Waals surface area contributed by atoms with E-state index < -0.39 is 0 Å². The number of nitrogens with zero attached hydrogens (tertiary/aromatic N) is 2. The van der Waals surface area contributed by atoms with E-state index in [1.54, 1.807) is 4.57 Å². The van der Waals surface area contributed by atoms with Crippen LogP contribution in [0.2, 0.25) is 0 Å². The van der Waals surface area contributed by atoms with Crippen molar-refractivity contribution in [1.29, 1.82) is 0 Å². The Labute approximate surface area is 99.2 Å². The second kappa shape index (κ2) is 4.86. The summed E-state index contributed by atoms with van der Waals surface area (Å²) in [6.45, 7) is 2.49. The van der Waals surface area contributed by atoms with Crippen LogP contribution in [0.3, 0.4) is 0 Å². The summed E-state index contributed by atoms with van der Waals surface area (Å²) in [5.74, 6) is 0.0429. The second-order valence-corrected chi connectivity index (χ2v) is 3.77. The van der Waals surface area contributed by atoms with Crippen LogP contribution in [0.1, 0.15) is 13.3 Å². The van der Waals surface area contributed by atoms with Crippen molar-refractivity contribution in [3.05, 3.63) is 24.3 Å². The van der Waals surface area contributed by atoms with E-state index in [1.807, 2.05) is 31.2 Å². The predicted molar refractivity (Wildman–Crippen MR) is 65.4 cm³/mol. The molecule has 1 aromatic heterocycles. The van der Waals surface area contributed by atoms with Crippen LogP contribution >= 0.6 is 0 Å². The van der Waals surface area contributed by atoms with Crippen molar-refractivity contribution in [2.75, 3.05) is 12.3 Å². The monoisotopic (exact) mass is 233 g/mol. The van der Waals surface area contributed by atoms with Gasteiger partial charge in [-0.05, 0) is 18.6 Å². The normalized spacial score (nSPS) is 10.6. The number of carbonyl (C=O) groups is 1. The van der Waals surface area contributed by atoms with Crippen molar-refractivity contribution < 1.29 is 9.53 Å². The molecular formula is C12H15N3O2. The number of carbonyl (C=O) groups excluding carboxylic acids is 1. The number of nitrogen functional groups attached to an aromatic ring is 1. The Morgan fingerprint density at radius 1 is 1.47 bits per heavy atom. The number of imidazole rings is 1. The molecule has 90 valence electrons. The summed E-state index contributed by atoms with van der Waals surface area (Å²) in [5, 5.41) is 0. The first kappa shape index (κ1) is 11.4. The molecule has 2 aromatic rings. The lowest BCUT2D eigenvalue weighted by molar-refractivity contribution is -0.144. The molecule has 0 saturated heterocycles. The predicted octanol–water partition coefficient (Wildman–Crippen LogP) is 1.57. The van der Waals surface area contributed by atoms with Gasteiger partial charge in [0.15, 0.2) is 0 Å². The zero-order valence-corrected chi connectivity index (χ0v) is 9.72. The number of hydrogen-bond acceptors (Lipinski definition) is 4. The van der Waals surface area contributed by atoms with E-state index in [0.29, 0.717) is 12.6 Å². The summed E-state index contributed by atoms with van der Waals surface area (Å²) < 4.78 is 6.69. The summed E-state index contributed by atoms with van der Waals surface area (Å²) in [6, 6.07) is 7.51. The number of fused-ring (bicyclic) bond motifs is 1. The molecule has 2 rings (SSSR count). The molecule has 5 nitrogen and oxygen atoms in total. The van der Waals surface area contributed by atoms with Crippen molar-refractivity contribution in [2.45, 2.75) is 19.9 Å². The standard InChI is InChI=1S/C12H15N3O2/c1-2-7-17-11(16)8-15-10-6-4-3-5-9(10)14-12(15)13/h3-6H,2,7-8H2,1H3,(H2,13,14). The number of esters is 1. The van der Waals surface area contributed by atoms with Gasteiger partial charge in [0.25, 0.3) is 0 Å². The van der Waals surface area contributed by atoms with Crippen LogP contribution in [0.25, 0.3) is 11.0 Å². The van der Waals surface area contributed by atoms with Crippen LogP contribution in [0, 0.1) is 0 Å². The summed E-state index contributed by atoms with van der Waals surface area (Å²) in [5.41, 5.74) is 7.41. The molecule has 2 N–H and O–H groups in total. The summed E-state index contributed by atoms with van der Waals surface area (Å²) in [4.78, 5) is 15.7. The highest BCUT2D eigenvalue weighted by Crippen LogP contribution is 2.17. The summed E-state index contributed by atoms with van der Waals surface area (Å²) in [7, 11) is 0. The van der Waals surface area contributed by atoms with Gasteiger partial charge in [0, 0.05) is 0 Å². The van der Waals surface area contributed by atoms with E-state index in [4.69, 9.17) is 10.5 Å². The zero-order valence-electron chi connectivity index (χ0n) is 9.72. The van der Waals surface area contributed by atoms with E-state index in [2.05, 4.69) is 4.98 Å². The highest BCUT2D eigenvalue weighted by molar-refractivity contribution is 5.80. The van der Waals surface area contributed by atoms with Crippen molar-refractivity contribution >= 4 is 23.0 Å². The average molecular weight is 233 g/mol. The molecule has 0 amide bonds. The molecule has 0 fully saturated rings. The average Bonchev–Trinajstić information content (AvgIpc) is 2.64. The maximum Gasteiger partial charge on any atom is 0.326 e. The first-order valence-electron chi connectivity index (χ1n) is 5.58. The van der Waals surface area contributed by atoms with Crippen LogP contribution in [0.15, 0.2) is 24.3 Å². The lowest BCUT2D eigenvalue weighted by Gasteiger charge is -2.06. The maximum absolute atomic E-state index is 11.5. The van der Waals surface area contributed by atoms with Gasteiger partial charge in [-0.15, -0.1) is 0 Å². The van der Waals surface area contributed by atoms with Crippen LogP contribution in [-0.4, -0.2) is 22.1 Å². The Kier molecular flexibility index (Phi) is 3.27. The molecule has 0 atom stereocenters. The van der Waals surface area contributed by atoms with Crippen LogP contribution < -0.4 is 5.73 Å². The van der Waals surface area contributed by atoms with Crippen molar-refractivity contribution in [3.63, 3.8) is 0 Å². The van der Waals surface area contributed by atoms with Crippen molar-refractivity contribution in [3.8, 4) is 0 Å². The number of hydrogen-bond donors (Lipinski definition) is 1. The summed E-state index contributed by atoms with van der Waals surface area (Å²) >= 11 is 0. The number of rotatable bonds is 4. The van der Waals surface area contributed by atoms with E-state index in [1.165, 1.54) is 0 Å². The topological polar surface area (TPSA) is 70.1 Å². The Bertz CT molecular complexity index is 534. The Hall–Kier alpha value is -2.04. The molecule has 0 aliphatic carbocycles. The maximum atomic E-state index is 11.5. The smallest absolute Gasteiger partial charge is 0.326 e. The third kappa shape index (κ3) is 2.38. The molecule has 0 spiro atoms.